The number of hydrogen-bond acceptors (Lipinski definition) is 8. The van der Waals surface area contributed by atoms with E-state index in [2.05, 4.69) is 10.3 Å². The molecule has 9 nitrogen and oxygen atoms in total. The lowest BCUT2D eigenvalue weighted by molar-refractivity contribution is -0.385. The minimum Gasteiger partial charge on any atom is -0.394 e. The highest BCUT2D eigenvalue weighted by Crippen LogP contribution is 2.22. The standard InChI is InChI=1S/C10H13N3O6/c14-4-6-8(15)9(16)10(19-6)12-7-2-1-5(3-11-7)13(17)18/h1-3,6,8-10,14-16H,4H2,(H,11,12)/t6-,8-,9-,10-/m1/s1. The molecule has 104 valence electrons. The highest BCUT2D eigenvalue weighted by molar-refractivity contribution is 5.40. The largest absolute Gasteiger partial charge is 0.394 e. The Morgan fingerprint density at radius 1 is 1.42 bits per heavy atom. The molecule has 0 bridgehead atoms. The lowest BCUT2D eigenvalue weighted by atomic mass is 10.1. The molecule has 1 aromatic rings. The van der Waals surface area contributed by atoms with Gasteiger partial charge in [-0.1, -0.05) is 0 Å². The van der Waals surface area contributed by atoms with E-state index in [1.165, 1.54) is 12.1 Å². The van der Waals surface area contributed by atoms with Gasteiger partial charge in [-0.05, 0) is 6.07 Å². The second-order valence-electron chi connectivity index (χ2n) is 4.06. The lowest BCUT2D eigenvalue weighted by Crippen LogP contribution is -2.36. The Hall–Kier alpha value is -1.81. The van der Waals surface area contributed by atoms with E-state index in [4.69, 9.17) is 9.84 Å². The number of ether oxygens (including phenoxy) is 1. The number of nitrogens with zero attached hydrogens (tertiary/aromatic N) is 2. The zero-order valence-electron chi connectivity index (χ0n) is 9.71. The van der Waals surface area contributed by atoms with Crippen LogP contribution in [0.5, 0.6) is 0 Å². The average molecular weight is 271 g/mol. The molecule has 4 N–H and O–H groups in total. The highest BCUT2D eigenvalue weighted by atomic mass is 16.6. The minimum absolute atomic E-state index is 0.160. The van der Waals surface area contributed by atoms with Crippen LogP contribution < -0.4 is 5.32 Å². The Morgan fingerprint density at radius 3 is 2.63 bits per heavy atom. The van der Waals surface area contributed by atoms with Crippen LogP contribution >= 0.6 is 0 Å². The molecule has 2 rings (SSSR count). The number of aromatic nitrogens is 1. The predicted octanol–water partition coefficient (Wildman–Crippen LogP) is -1.16. The first kappa shape index (κ1) is 13.6. The van der Waals surface area contributed by atoms with Gasteiger partial charge in [0.05, 0.1) is 11.5 Å². The number of hydrogen-bond donors (Lipinski definition) is 4. The fourth-order valence-corrected chi connectivity index (χ4v) is 1.74. The lowest BCUT2D eigenvalue weighted by Gasteiger charge is -2.16. The molecule has 1 aliphatic heterocycles. The van der Waals surface area contributed by atoms with Gasteiger partial charge < -0.3 is 25.4 Å². The second kappa shape index (κ2) is 5.45. The van der Waals surface area contributed by atoms with Gasteiger partial charge in [-0.2, -0.15) is 0 Å². The summed E-state index contributed by atoms with van der Waals surface area (Å²) in [6.45, 7) is -0.426. The summed E-state index contributed by atoms with van der Waals surface area (Å²) in [7, 11) is 0. The van der Waals surface area contributed by atoms with Crippen LogP contribution in [0.1, 0.15) is 0 Å². The number of nitro groups is 1. The van der Waals surface area contributed by atoms with E-state index >= 15 is 0 Å². The Morgan fingerprint density at radius 2 is 2.16 bits per heavy atom. The van der Waals surface area contributed by atoms with Crippen molar-refractivity contribution in [3.05, 3.63) is 28.4 Å². The smallest absolute Gasteiger partial charge is 0.287 e. The number of anilines is 1. The first-order valence-corrected chi connectivity index (χ1v) is 5.52. The summed E-state index contributed by atoms with van der Waals surface area (Å²) in [5.74, 6) is 0.250. The maximum Gasteiger partial charge on any atom is 0.287 e. The van der Waals surface area contributed by atoms with E-state index in [-0.39, 0.29) is 11.5 Å². The molecule has 4 atom stereocenters. The molecule has 1 aliphatic rings. The summed E-state index contributed by atoms with van der Waals surface area (Å²) >= 11 is 0. The average Bonchev–Trinajstić information content (AvgIpc) is 2.67. The van der Waals surface area contributed by atoms with Gasteiger partial charge in [0.15, 0.2) is 6.23 Å². The van der Waals surface area contributed by atoms with E-state index < -0.39 is 36.1 Å². The van der Waals surface area contributed by atoms with E-state index in [0.29, 0.717) is 0 Å². The molecule has 2 heterocycles. The van der Waals surface area contributed by atoms with E-state index in [1.54, 1.807) is 0 Å². The van der Waals surface area contributed by atoms with Crippen molar-refractivity contribution in [1.82, 2.24) is 4.98 Å². The summed E-state index contributed by atoms with van der Waals surface area (Å²) in [6.07, 6.45) is -3.20. The van der Waals surface area contributed by atoms with Crippen LogP contribution in [0.3, 0.4) is 0 Å². The maximum absolute atomic E-state index is 10.5. The number of pyridine rings is 1. The zero-order chi connectivity index (χ0) is 14.0. The fourth-order valence-electron chi connectivity index (χ4n) is 1.74. The van der Waals surface area contributed by atoms with Gasteiger partial charge >= 0.3 is 0 Å². The van der Waals surface area contributed by atoms with Gasteiger partial charge in [-0.25, -0.2) is 4.98 Å². The van der Waals surface area contributed by atoms with Crippen LogP contribution in [0.2, 0.25) is 0 Å². The summed E-state index contributed by atoms with van der Waals surface area (Å²) in [4.78, 5) is 13.7. The molecule has 0 radical (unpaired) electrons. The molecule has 1 fully saturated rings. The monoisotopic (exact) mass is 271 g/mol. The van der Waals surface area contributed by atoms with Gasteiger partial charge in [-0.3, -0.25) is 10.1 Å². The van der Waals surface area contributed by atoms with Crippen LogP contribution in [0.4, 0.5) is 11.5 Å². The normalized spacial score (nSPS) is 30.3. The van der Waals surface area contributed by atoms with Crippen molar-refractivity contribution in [2.75, 3.05) is 11.9 Å². The minimum atomic E-state index is -1.23. The summed E-state index contributed by atoms with van der Waals surface area (Å²) < 4.78 is 5.18. The Kier molecular flexibility index (Phi) is 3.90. The predicted molar refractivity (Wildman–Crippen MR) is 62.3 cm³/mol. The summed E-state index contributed by atoms with van der Waals surface area (Å²) in [5.41, 5.74) is -0.160. The van der Waals surface area contributed by atoms with E-state index in [9.17, 15) is 20.3 Å². The van der Waals surface area contributed by atoms with Gasteiger partial charge in [0.1, 0.15) is 30.3 Å². The molecule has 1 aromatic heterocycles. The highest BCUT2D eigenvalue weighted by Gasteiger charge is 2.42. The molecule has 0 aliphatic carbocycles. The van der Waals surface area contributed by atoms with Crippen LogP contribution in [0, 0.1) is 10.1 Å². The number of aliphatic hydroxyl groups excluding tert-OH is 3. The van der Waals surface area contributed by atoms with Gasteiger partial charge in [0.25, 0.3) is 5.69 Å². The Labute approximate surface area is 107 Å². The number of aliphatic hydroxyl groups is 3. The SMILES string of the molecule is O=[N+]([O-])c1ccc(N[C@@H]2O[C@H](CO)[C@@H](O)[C@H]2O)nc1. The Bertz CT molecular complexity index is 453. The molecule has 1 saturated heterocycles. The number of rotatable bonds is 4. The molecule has 0 saturated carbocycles. The molecule has 0 unspecified atom stereocenters. The van der Waals surface area contributed by atoms with Crippen molar-refractivity contribution in [2.24, 2.45) is 0 Å². The third kappa shape index (κ3) is 2.79. The second-order valence-corrected chi connectivity index (χ2v) is 4.06. The molecule has 9 heteroatoms. The first-order chi connectivity index (χ1) is 9.02. The van der Waals surface area contributed by atoms with Crippen molar-refractivity contribution in [3.63, 3.8) is 0 Å². The van der Waals surface area contributed by atoms with Crippen molar-refractivity contribution in [2.45, 2.75) is 24.5 Å². The van der Waals surface area contributed by atoms with Gasteiger partial charge in [0, 0.05) is 6.07 Å². The van der Waals surface area contributed by atoms with Crippen molar-refractivity contribution in [1.29, 1.82) is 0 Å². The fraction of sp³-hybridized carbons (Fsp3) is 0.500. The van der Waals surface area contributed by atoms with Crippen LogP contribution in [-0.2, 0) is 4.74 Å². The van der Waals surface area contributed by atoms with Gasteiger partial charge in [-0.15, -0.1) is 0 Å². The first-order valence-electron chi connectivity index (χ1n) is 5.52. The number of nitrogens with one attached hydrogen (secondary N) is 1. The van der Waals surface area contributed by atoms with E-state index in [0.717, 1.165) is 6.20 Å². The Balaban J connectivity index is 2.03. The van der Waals surface area contributed by atoms with Crippen LogP contribution in [0.25, 0.3) is 0 Å². The van der Waals surface area contributed by atoms with Crippen molar-refractivity contribution in [3.8, 4) is 0 Å². The van der Waals surface area contributed by atoms with Crippen molar-refractivity contribution < 1.29 is 25.0 Å². The quantitative estimate of drug-likeness (QED) is 0.397. The molecule has 0 spiro atoms. The molecule has 0 amide bonds. The zero-order valence-corrected chi connectivity index (χ0v) is 9.71. The summed E-state index contributed by atoms with van der Waals surface area (Å²) in [5, 5.41) is 41.3. The molecular weight excluding hydrogens is 258 g/mol. The molecule has 0 aromatic carbocycles. The van der Waals surface area contributed by atoms with Crippen LogP contribution in [0.15, 0.2) is 18.3 Å². The molecule has 19 heavy (non-hydrogen) atoms. The molecular formula is C10H13N3O6. The topological polar surface area (TPSA) is 138 Å². The van der Waals surface area contributed by atoms with E-state index in [1.807, 2.05) is 0 Å². The van der Waals surface area contributed by atoms with Crippen LogP contribution in [-0.4, -0.2) is 56.4 Å². The third-order valence-electron chi connectivity index (χ3n) is 2.79. The van der Waals surface area contributed by atoms with Crippen molar-refractivity contribution >= 4 is 11.5 Å². The maximum atomic E-state index is 10.5. The summed E-state index contributed by atoms with van der Waals surface area (Å²) in [6, 6.07) is 2.60. The third-order valence-corrected chi connectivity index (χ3v) is 2.79. The van der Waals surface area contributed by atoms with Gasteiger partial charge in [0.2, 0.25) is 0 Å².